The van der Waals surface area contributed by atoms with E-state index in [-0.39, 0.29) is 17.1 Å². The summed E-state index contributed by atoms with van der Waals surface area (Å²) in [7, 11) is 1.42. The number of halogens is 1. The highest BCUT2D eigenvalue weighted by Crippen LogP contribution is 2.31. The van der Waals surface area contributed by atoms with E-state index in [9.17, 15) is 15.2 Å². The molecule has 0 spiro atoms. The number of anilines is 1. The molecule has 5 nitrogen and oxygen atoms in total. The number of nitrogens with zero attached hydrogens (tertiary/aromatic N) is 1. The van der Waals surface area contributed by atoms with E-state index in [4.69, 9.17) is 4.74 Å². The van der Waals surface area contributed by atoms with E-state index in [1.165, 1.54) is 13.2 Å². The summed E-state index contributed by atoms with van der Waals surface area (Å²) in [6, 6.07) is 13.6. The number of ether oxygens (including phenoxy) is 1. The van der Waals surface area contributed by atoms with Crippen LogP contribution in [0.4, 0.5) is 5.69 Å². The molecule has 0 unspecified atom stereocenters. The first kappa shape index (κ1) is 16.6. The summed E-state index contributed by atoms with van der Waals surface area (Å²) < 4.78 is 5.88. The van der Waals surface area contributed by atoms with E-state index in [0.29, 0.717) is 11.3 Å². The Morgan fingerprint density at radius 1 is 1.30 bits per heavy atom. The highest BCUT2D eigenvalue weighted by Gasteiger charge is 2.12. The Labute approximate surface area is 142 Å². The zero-order valence-corrected chi connectivity index (χ0v) is 13.8. The van der Waals surface area contributed by atoms with Gasteiger partial charge in [0.05, 0.1) is 7.11 Å². The fourth-order valence-corrected chi connectivity index (χ4v) is 2.12. The third kappa shape index (κ3) is 4.11. The lowest BCUT2D eigenvalue weighted by Crippen LogP contribution is -2.13. The number of phenols is 1. The molecule has 1 amide bonds. The van der Waals surface area contributed by atoms with Crippen LogP contribution in [0.25, 0.3) is 6.08 Å². The molecule has 0 aliphatic heterocycles. The van der Waals surface area contributed by atoms with Crippen molar-refractivity contribution < 1.29 is 14.6 Å². The van der Waals surface area contributed by atoms with Crippen LogP contribution in [-0.4, -0.2) is 18.1 Å². The minimum Gasteiger partial charge on any atom is -0.504 e. The summed E-state index contributed by atoms with van der Waals surface area (Å²) in [5, 5.41) is 21.8. The molecule has 116 valence electrons. The van der Waals surface area contributed by atoms with E-state index < -0.39 is 5.91 Å². The molecule has 0 bridgehead atoms. The number of methoxy groups -OCH3 is 1. The summed E-state index contributed by atoms with van der Waals surface area (Å²) in [6.45, 7) is 0. The first-order chi connectivity index (χ1) is 11.0. The highest BCUT2D eigenvalue weighted by molar-refractivity contribution is 9.10. The standard InChI is InChI=1S/C17H13BrN2O3/c1-23-15-4-2-3-11(16(15)21)9-12(10-19)17(22)20-14-7-5-13(18)6-8-14/h2-9,21H,1H3,(H,20,22)/b12-9+. The van der Waals surface area contributed by atoms with Gasteiger partial charge in [-0.05, 0) is 36.4 Å². The molecule has 2 aromatic carbocycles. The van der Waals surface area contributed by atoms with Crippen molar-refractivity contribution in [3.05, 3.63) is 58.1 Å². The molecule has 0 aliphatic carbocycles. The number of amides is 1. The van der Waals surface area contributed by atoms with Crippen molar-refractivity contribution in [2.45, 2.75) is 0 Å². The number of hydrogen-bond acceptors (Lipinski definition) is 4. The normalized spacial score (nSPS) is 10.7. The molecule has 2 aromatic rings. The fourth-order valence-electron chi connectivity index (χ4n) is 1.86. The second-order valence-corrected chi connectivity index (χ2v) is 5.44. The summed E-state index contributed by atoms with van der Waals surface area (Å²) in [6.07, 6.45) is 1.31. The lowest BCUT2D eigenvalue weighted by atomic mass is 10.1. The van der Waals surface area contributed by atoms with Crippen molar-refractivity contribution >= 4 is 33.6 Å². The van der Waals surface area contributed by atoms with Crippen LogP contribution in [0.2, 0.25) is 0 Å². The molecule has 6 heteroatoms. The molecule has 2 rings (SSSR count). The topological polar surface area (TPSA) is 82.3 Å². The van der Waals surface area contributed by atoms with Gasteiger partial charge < -0.3 is 15.2 Å². The minimum absolute atomic E-state index is 0.126. The Hall–Kier alpha value is -2.78. The summed E-state index contributed by atoms with van der Waals surface area (Å²) >= 11 is 3.30. The quantitative estimate of drug-likeness (QED) is 0.632. The first-order valence-corrected chi connectivity index (χ1v) is 7.39. The molecule has 0 heterocycles. The van der Waals surface area contributed by atoms with E-state index >= 15 is 0 Å². The summed E-state index contributed by atoms with van der Waals surface area (Å²) in [4.78, 5) is 12.2. The number of nitriles is 1. The minimum atomic E-state index is -0.558. The van der Waals surface area contributed by atoms with Crippen molar-refractivity contribution in [3.63, 3.8) is 0 Å². The van der Waals surface area contributed by atoms with Gasteiger partial charge in [0.1, 0.15) is 11.6 Å². The van der Waals surface area contributed by atoms with Crippen molar-refractivity contribution in [1.29, 1.82) is 5.26 Å². The Bertz CT molecular complexity index is 792. The number of nitrogens with one attached hydrogen (secondary N) is 1. The molecular weight excluding hydrogens is 360 g/mol. The molecule has 0 aliphatic rings. The smallest absolute Gasteiger partial charge is 0.266 e. The van der Waals surface area contributed by atoms with Gasteiger partial charge in [-0.25, -0.2) is 0 Å². The highest BCUT2D eigenvalue weighted by atomic mass is 79.9. The van der Waals surface area contributed by atoms with Crippen molar-refractivity contribution in [2.24, 2.45) is 0 Å². The van der Waals surface area contributed by atoms with Crippen LogP contribution in [0.5, 0.6) is 11.5 Å². The van der Waals surface area contributed by atoms with Gasteiger partial charge in [0.25, 0.3) is 5.91 Å². The number of aromatic hydroxyl groups is 1. The number of rotatable bonds is 4. The van der Waals surface area contributed by atoms with Gasteiger partial charge in [0.2, 0.25) is 0 Å². The van der Waals surface area contributed by atoms with E-state index in [2.05, 4.69) is 21.2 Å². The molecular formula is C17H13BrN2O3. The molecule has 0 radical (unpaired) electrons. The predicted octanol–water partition coefficient (Wildman–Crippen LogP) is 3.71. The van der Waals surface area contributed by atoms with Gasteiger partial charge in [-0.2, -0.15) is 5.26 Å². The van der Waals surface area contributed by atoms with Crippen LogP contribution in [0.1, 0.15) is 5.56 Å². The third-order valence-electron chi connectivity index (χ3n) is 3.02. The SMILES string of the molecule is COc1cccc(/C=C(\C#N)C(=O)Nc2ccc(Br)cc2)c1O. The molecule has 0 aromatic heterocycles. The van der Waals surface area contributed by atoms with E-state index in [1.54, 1.807) is 42.5 Å². The molecule has 23 heavy (non-hydrogen) atoms. The summed E-state index contributed by atoms with van der Waals surface area (Å²) in [5.74, 6) is -0.416. The monoisotopic (exact) mass is 372 g/mol. The average molecular weight is 373 g/mol. The molecule has 0 saturated heterocycles. The number of benzene rings is 2. The van der Waals surface area contributed by atoms with Gasteiger partial charge in [0, 0.05) is 15.7 Å². The van der Waals surface area contributed by atoms with Crippen molar-refractivity contribution in [1.82, 2.24) is 0 Å². The van der Waals surface area contributed by atoms with Crippen LogP contribution in [-0.2, 0) is 4.79 Å². The largest absolute Gasteiger partial charge is 0.504 e. The average Bonchev–Trinajstić information content (AvgIpc) is 2.56. The number of para-hydroxylation sites is 1. The second-order valence-electron chi connectivity index (χ2n) is 4.53. The van der Waals surface area contributed by atoms with Crippen molar-refractivity contribution in [3.8, 4) is 17.6 Å². The van der Waals surface area contributed by atoms with Crippen LogP contribution < -0.4 is 10.1 Å². The first-order valence-electron chi connectivity index (χ1n) is 6.60. The van der Waals surface area contributed by atoms with Crippen molar-refractivity contribution in [2.75, 3.05) is 12.4 Å². The van der Waals surface area contributed by atoms with Gasteiger partial charge in [-0.3, -0.25) is 4.79 Å². The molecule has 2 N–H and O–H groups in total. The lowest BCUT2D eigenvalue weighted by Gasteiger charge is -2.07. The van der Waals surface area contributed by atoms with E-state index in [0.717, 1.165) is 4.47 Å². The summed E-state index contributed by atoms with van der Waals surface area (Å²) in [5.41, 5.74) is 0.762. The zero-order valence-electron chi connectivity index (χ0n) is 12.2. The number of hydrogen-bond donors (Lipinski definition) is 2. The maximum Gasteiger partial charge on any atom is 0.266 e. The van der Waals surface area contributed by atoms with Crippen LogP contribution in [0.3, 0.4) is 0 Å². The number of carbonyl (C=O) groups excluding carboxylic acids is 1. The lowest BCUT2D eigenvalue weighted by molar-refractivity contribution is -0.112. The van der Waals surface area contributed by atoms with E-state index in [1.807, 2.05) is 6.07 Å². The predicted molar refractivity (Wildman–Crippen MR) is 91.0 cm³/mol. The Morgan fingerprint density at radius 2 is 2.00 bits per heavy atom. The zero-order chi connectivity index (χ0) is 16.8. The molecule has 0 saturated carbocycles. The fraction of sp³-hybridized carbons (Fsp3) is 0.0588. The Morgan fingerprint density at radius 3 is 2.61 bits per heavy atom. The van der Waals surface area contributed by atoms with Crippen LogP contribution >= 0.6 is 15.9 Å². The van der Waals surface area contributed by atoms with Gasteiger partial charge in [-0.1, -0.05) is 28.1 Å². The van der Waals surface area contributed by atoms with Crippen LogP contribution in [0, 0.1) is 11.3 Å². The van der Waals surface area contributed by atoms with Gasteiger partial charge >= 0.3 is 0 Å². The third-order valence-corrected chi connectivity index (χ3v) is 3.55. The Balaban J connectivity index is 2.27. The van der Waals surface area contributed by atoms with Crippen LogP contribution in [0.15, 0.2) is 52.5 Å². The second kappa shape index (κ2) is 7.47. The maximum atomic E-state index is 12.2. The number of carbonyl (C=O) groups is 1. The van der Waals surface area contributed by atoms with Gasteiger partial charge in [-0.15, -0.1) is 0 Å². The Kier molecular flexibility index (Phi) is 5.39. The molecule has 0 atom stereocenters. The van der Waals surface area contributed by atoms with Gasteiger partial charge in [0.15, 0.2) is 11.5 Å². The maximum absolute atomic E-state index is 12.2. The molecule has 0 fully saturated rings. The number of phenolic OH excluding ortho intramolecular Hbond substituents is 1.